The molecule has 1 aliphatic heterocycles. The smallest absolute Gasteiger partial charge is 0.255 e. The third-order valence-electron chi connectivity index (χ3n) is 4.89. The first-order chi connectivity index (χ1) is 13.7. The predicted molar refractivity (Wildman–Crippen MR) is 108 cm³/mol. The highest BCUT2D eigenvalue weighted by Gasteiger charge is 2.34. The number of hydrogen-bond donors (Lipinski definition) is 1. The molecule has 6 nitrogen and oxygen atoms in total. The van der Waals surface area contributed by atoms with Gasteiger partial charge in [-0.15, -0.1) is 11.8 Å². The fourth-order valence-electron chi connectivity index (χ4n) is 3.00. The van der Waals surface area contributed by atoms with Crippen LogP contribution >= 0.6 is 11.8 Å². The largest absolute Gasteiger partial charge is 0.477 e. The molecule has 1 atom stereocenters. The summed E-state index contributed by atoms with van der Waals surface area (Å²) in [5.41, 5.74) is 1.51. The first-order valence-electron chi connectivity index (χ1n) is 9.50. The molecule has 1 aliphatic carbocycles. The van der Waals surface area contributed by atoms with E-state index in [1.807, 2.05) is 30.3 Å². The maximum absolute atomic E-state index is 12.7. The molecule has 1 unspecified atom stereocenters. The average molecular weight is 398 g/mol. The summed E-state index contributed by atoms with van der Waals surface area (Å²) in [4.78, 5) is 31.3. The van der Waals surface area contributed by atoms with E-state index in [2.05, 4.69) is 10.3 Å². The number of thioether (sulfide) groups is 1. The van der Waals surface area contributed by atoms with Crippen LogP contribution < -0.4 is 10.1 Å². The normalized spacial score (nSPS) is 18.7. The fraction of sp³-hybridized carbons (Fsp3) is 0.381. The fourth-order valence-corrected chi connectivity index (χ4v) is 4.16. The second-order valence-corrected chi connectivity index (χ2v) is 8.13. The average Bonchev–Trinajstić information content (AvgIpc) is 3.45. The molecule has 1 aromatic heterocycles. The van der Waals surface area contributed by atoms with Gasteiger partial charge in [0.05, 0.1) is 12.5 Å². The van der Waals surface area contributed by atoms with E-state index in [0.717, 1.165) is 12.2 Å². The van der Waals surface area contributed by atoms with Crippen LogP contribution in [0.4, 0.5) is 0 Å². The van der Waals surface area contributed by atoms with Gasteiger partial charge in [0, 0.05) is 30.1 Å². The molecule has 4 rings (SSSR count). The number of carbonyl (C=O) groups excluding carboxylic acids is 2. The number of ether oxygens (including phenoxy) is 1. The molecule has 1 aromatic carbocycles. The lowest BCUT2D eigenvalue weighted by molar-refractivity contribution is -0.124. The molecular formula is C21H23N3O3S. The molecule has 2 aromatic rings. The number of pyridine rings is 1. The van der Waals surface area contributed by atoms with E-state index in [9.17, 15) is 9.59 Å². The molecule has 0 radical (unpaired) electrons. The number of rotatable bonds is 7. The maximum Gasteiger partial charge on any atom is 0.255 e. The van der Waals surface area contributed by atoms with Crippen LogP contribution in [0.5, 0.6) is 5.88 Å². The van der Waals surface area contributed by atoms with Crippen LogP contribution in [0.25, 0.3) is 0 Å². The molecule has 1 saturated heterocycles. The van der Waals surface area contributed by atoms with E-state index < -0.39 is 6.04 Å². The Labute approximate surface area is 168 Å². The van der Waals surface area contributed by atoms with E-state index in [0.29, 0.717) is 35.5 Å². The minimum absolute atomic E-state index is 0.107. The van der Waals surface area contributed by atoms with Crippen molar-refractivity contribution < 1.29 is 14.3 Å². The number of amides is 2. The summed E-state index contributed by atoms with van der Waals surface area (Å²) in [7, 11) is 0. The van der Waals surface area contributed by atoms with Gasteiger partial charge >= 0.3 is 0 Å². The maximum atomic E-state index is 12.7. The lowest BCUT2D eigenvalue weighted by atomic mass is 10.1. The number of benzene rings is 1. The quantitative estimate of drug-likeness (QED) is 0.778. The molecule has 1 saturated carbocycles. The van der Waals surface area contributed by atoms with Crippen molar-refractivity contribution in [1.82, 2.24) is 15.2 Å². The lowest BCUT2D eigenvalue weighted by Gasteiger charge is -2.23. The van der Waals surface area contributed by atoms with Crippen molar-refractivity contribution in [2.24, 2.45) is 5.92 Å². The van der Waals surface area contributed by atoms with Crippen LogP contribution in [0.2, 0.25) is 0 Å². The lowest BCUT2D eigenvalue weighted by Crippen LogP contribution is -2.47. The Hall–Kier alpha value is -2.54. The van der Waals surface area contributed by atoms with Gasteiger partial charge in [-0.05, 0) is 36.5 Å². The molecule has 146 valence electrons. The number of nitrogens with zero attached hydrogens (tertiary/aromatic N) is 2. The van der Waals surface area contributed by atoms with Gasteiger partial charge in [-0.1, -0.05) is 24.3 Å². The Morgan fingerprint density at radius 1 is 1.18 bits per heavy atom. The second-order valence-electron chi connectivity index (χ2n) is 7.13. The number of aromatic nitrogens is 1. The van der Waals surface area contributed by atoms with Crippen molar-refractivity contribution in [3.63, 3.8) is 0 Å². The first-order valence-corrected chi connectivity index (χ1v) is 10.7. The monoisotopic (exact) mass is 397 g/mol. The van der Waals surface area contributed by atoms with Crippen LogP contribution in [0.1, 0.15) is 28.8 Å². The second kappa shape index (κ2) is 8.65. The van der Waals surface area contributed by atoms with Crippen molar-refractivity contribution in [2.45, 2.75) is 25.4 Å². The predicted octanol–water partition coefficient (Wildman–Crippen LogP) is 2.70. The summed E-state index contributed by atoms with van der Waals surface area (Å²) in [6, 6.07) is 12.4. The third-order valence-corrected chi connectivity index (χ3v) is 5.91. The van der Waals surface area contributed by atoms with E-state index >= 15 is 0 Å². The number of hydrogen-bond acceptors (Lipinski definition) is 5. The Morgan fingerprint density at radius 2 is 2.00 bits per heavy atom. The van der Waals surface area contributed by atoms with Crippen molar-refractivity contribution in [1.29, 1.82) is 0 Å². The summed E-state index contributed by atoms with van der Waals surface area (Å²) >= 11 is 1.59. The van der Waals surface area contributed by atoms with Gasteiger partial charge in [0.2, 0.25) is 11.8 Å². The Bertz CT molecular complexity index is 825. The number of carbonyl (C=O) groups is 2. The molecule has 7 heteroatoms. The highest BCUT2D eigenvalue weighted by atomic mass is 32.2. The Kier molecular flexibility index (Phi) is 5.81. The molecule has 0 bridgehead atoms. The summed E-state index contributed by atoms with van der Waals surface area (Å²) in [6.45, 7) is 1.11. The Morgan fingerprint density at radius 3 is 2.71 bits per heavy atom. The standard InChI is InChI=1S/C21H23N3O3S/c25-20(18-13-28-14-24(18)21(26)17-4-2-1-3-5-17)23-11-16-8-9-19(22-10-16)27-12-15-6-7-15/h1-5,8-10,15,18H,6-7,11-14H2,(H,23,25). The van der Waals surface area contributed by atoms with Gasteiger partial charge in [0.1, 0.15) is 6.04 Å². The van der Waals surface area contributed by atoms with Crippen molar-refractivity contribution in [2.75, 3.05) is 18.2 Å². The molecule has 28 heavy (non-hydrogen) atoms. The summed E-state index contributed by atoms with van der Waals surface area (Å²) < 4.78 is 5.63. The molecule has 0 spiro atoms. The third kappa shape index (κ3) is 4.65. The highest BCUT2D eigenvalue weighted by molar-refractivity contribution is 7.99. The topological polar surface area (TPSA) is 71.5 Å². The van der Waals surface area contributed by atoms with Crippen molar-refractivity contribution in [3.8, 4) is 5.88 Å². The zero-order valence-corrected chi connectivity index (χ0v) is 16.4. The van der Waals surface area contributed by atoms with Crippen LogP contribution in [0.3, 0.4) is 0 Å². The van der Waals surface area contributed by atoms with Gasteiger partial charge in [0.15, 0.2) is 0 Å². The minimum atomic E-state index is -0.452. The van der Waals surface area contributed by atoms with Crippen LogP contribution in [0.15, 0.2) is 48.7 Å². The summed E-state index contributed by atoms with van der Waals surface area (Å²) in [5, 5.41) is 2.93. The van der Waals surface area contributed by atoms with Gasteiger partial charge < -0.3 is 15.0 Å². The minimum Gasteiger partial charge on any atom is -0.477 e. The molecule has 1 N–H and O–H groups in total. The van der Waals surface area contributed by atoms with Gasteiger partial charge in [0.25, 0.3) is 5.91 Å². The van der Waals surface area contributed by atoms with Crippen LogP contribution in [-0.4, -0.2) is 46.0 Å². The molecule has 2 heterocycles. The molecular weight excluding hydrogens is 374 g/mol. The van der Waals surface area contributed by atoms with Crippen LogP contribution in [-0.2, 0) is 11.3 Å². The zero-order valence-electron chi connectivity index (χ0n) is 15.5. The summed E-state index contributed by atoms with van der Waals surface area (Å²) in [5.74, 6) is 2.20. The summed E-state index contributed by atoms with van der Waals surface area (Å²) in [6.07, 6.45) is 4.21. The zero-order chi connectivity index (χ0) is 19.3. The first kappa shape index (κ1) is 18.8. The van der Waals surface area contributed by atoms with E-state index in [1.165, 1.54) is 12.8 Å². The van der Waals surface area contributed by atoms with Crippen molar-refractivity contribution in [3.05, 3.63) is 59.8 Å². The van der Waals surface area contributed by atoms with Gasteiger partial charge in [-0.3, -0.25) is 9.59 Å². The number of nitrogens with one attached hydrogen (secondary N) is 1. The van der Waals surface area contributed by atoms with Gasteiger partial charge in [-0.2, -0.15) is 0 Å². The molecule has 2 amide bonds. The van der Waals surface area contributed by atoms with Crippen LogP contribution in [0, 0.1) is 5.92 Å². The SMILES string of the molecule is O=C(NCc1ccc(OCC2CC2)nc1)C1CSCN1C(=O)c1ccccc1. The Balaban J connectivity index is 1.30. The van der Waals surface area contributed by atoms with E-state index in [-0.39, 0.29) is 11.8 Å². The molecule has 2 fully saturated rings. The van der Waals surface area contributed by atoms with Gasteiger partial charge in [-0.25, -0.2) is 4.98 Å². The highest BCUT2D eigenvalue weighted by Crippen LogP contribution is 2.29. The molecule has 2 aliphatic rings. The van der Waals surface area contributed by atoms with E-state index in [4.69, 9.17) is 4.74 Å². The van der Waals surface area contributed by atoms with Crippen molar-refractivity contribution >= 4 is 23.6 Å². The van der Waals surface area contributed by atoms with E-state index in [1.54, 1.807) is 35.0 Å².